The molecular weight excluding hydrogens is 156 g/mol. The van der Waals surface area contributed by atoms with Crippen molar-refractivity contribution in [3.63, 3.8) is 0 Å². The van der Waals surface area contributed by atoms with E-state index in [1.54, 1.807) is 0 Å². The van der Waals surface area contributed by atoms with Gasteiger partial charge in [-0.15, -0.1) is 0 Å². The molecule has 0 aliphatic rings. The van der Waals surface area contributed by atoms with E-state index in [0.29, 0.717) is 0 Å². The van der Waals surface area contributed by atoms with Crippen molar-refractivity contribution in [2.24, 2.45) is 23.4 Å². The average molecular weight is 176 g/mol. The summed E-state index contributed by atoms with van der Waals surface area (Å²) in [5, 5.41) is 2.41. The Morgan fingerprint density at radius 2 is 0.917 bits per heavy atom. The maximum atomic E-state index is 5.22. The Morgan fingerprint density at radius 1 is 0.583 bits per heavy atom. The largest absolute Gasteiger partial charge is 0.255 e. The minimum Gasteiger partial charge on any atom is -0.255 e. The van der Waals surface area contributed by atoms with E-state index >= 15 is 0 Å². The van der Waals surface area contributed by atoms with Gasteiger partial charge >= 0.3 is 0 Å². The summed E-state index contributed by atoms with van der Waals surface area (Å²) in [4.78, 5) is 0. The fourth-order valence-electron chi connectivity index (χ4n) is 0.942. The Bertz CT molecular complexity index is 82.0. The van der Waals surface area contributed by atoms with Crippen LogP contribution < -0.4 is 23.4 Å². The van der Waals surface area contributed by atoms with E-state index in [1.165, 1.54) is 10.2 Å². The van der Waals surface area contributed by atoms with Gasteiger partial charge in [-0.05, 0) is 12.8 Å². The van der Waals surface area contributed by atoms with Crippen LogP contribution in [0, 0.1) is 0 Å². The first kappa shape index (κ1) is 11.8. The van der Waals surface area contributed by atoms with Gasteiger partial charge in [0.05, 0.1) is 0 Å². The van der Waals surface area contributed by atoms with Crippen LogP contribution in [0.25, 0.3) is 0 Å². The molecule has 12 heavy (non-hydrogen) atoms. The molecule has 0 aromatic heterocycles. The summed E-state index contributed by atoms with van der Waals surface area (Å²) in [6.45, 7) is 1.46. The van der Waals surface area contributed by atoms with Gasteiger partial charge < -0.3 is 0 Å². The SMILES string of the molecule is NN(N)CCCCCCN(N)N. The fourth-order valence-corrected chi connectivity index (χ4v) is 0.942. The van der Waals surface area contributed by atoms with Crippen LogP contribution in [0.3, 0.4) is 0 Å². The second kappa shape index (κ2) is 7.41. The first-order valence-corrected chi connectivity index (χ1v) is 4.17. The Labute approximate surface area is 73.3 Å². The zero-order valence-electron chi connectivity index (χ0n) is 7.45. The lowest BCUT2D eigenvalue weighted by molar-refractivity contribution is 0.272. The monoisotopic (exact) mass is 176 g/mol. The van der Waals surface area contributed by atoms with Gasteiger partial charge in [0.15, 0.2) is 0 Å². The van der Waals surface area contributed by atoms with Gasteiger partial charge in [-0.3, -0.25) is 23.4 Å². The second-order valence-electron chi connectivity index (χ2n) is 2.89. The molecule has 0 unspecified atom stereocenters. The minimum absolute atomic E-state index is 0.731. The van der Waals surface area contributed by atoms with Crippen LogP contribution in [0.2, 0.25) is 0 Å². The lowest BCUT2D eigenvalue weighted by Crippen LogP contribution is -2.39. The van der Waals surface area contributed by atoms with Crippen molar-refractivity contribution in [2.45, 2.75) is 25.7 Å². The standard InChI is InChI=1S/C6H20N6/c7-11(8)5-3-1-2-4-6-12(9)10/h1-10H2. The Kier molecular flexibility index (Phi) is 7.26. The maximum Gasteiger partial charge on any atom is 0.0283 e. The molecule has 0 heterocycles. The molecule has 6 nitrogen and oxygen atoms in total. The van der Waals surface area contributed by atoms with Gasteiger partial charge in [0.25, 0.3) is 0 Å². The highest BCUT2D eigenvalue weighted by Gasteiger charge is 1.93. The van der Waals surface area contributed by atoms with Gasteiger partial charge in [0.2, 0.25) is 0 Å². The molecule has 0 saturated carbocycles. The molecule has 0 rings (SSSR count). The number of hydrazine groups is 4. The van der Waals surface area contributed by atoms with E-state index in [0.717, 1.165) is 38.8 Å². The van der Waals surface area contributed by atoms with Gasteiger partial charge in [0, 0.05) is 13.1 Å². The van der Waals surface area contributed by atoms with Gasteiger partial charge in [0.1, 0.15) is 0 Å². The highest BCUT2D eigenvalue weighted by atomic mass is 15.6. The summed E-state index contributed by atoms with van der Waals surface area (Å²) in [6, 6.07) is 0. The van der Waals surface area contributed by atoms with E-state index in [2.05, 4.69) is 0 Å². The van der Waals surface area contributed by atoms with Crippen LogP contribution in [0.5, 0.6) is 0 Å². The third kappa shape index (κ3) is 9.76. The van der Waals surface area contributed by atoms with Crippen LogP contribution in [0.1, 0.15) is 25.7 Å². The van der Waals surface area contributed by atoms with Crippen LogP contribution >= 0.6 is 0 Å². The lowest BCUT2D eigenvalue weighted by atomic mass is 10.2. The van der Waals surface area contributed by atoms with Crippen molar-refractivity contribution >= 4 is 0 Å². The molecule has 0 spiro atoms. The number of hydrogen-bond donors (Lipinski definition) is 4. The molecular formula is C6H20N6. The second-order valence-corrected chi connectivity index (χ2v) is 2.89. The number of nitrogens with zero attached hydrogens (tertiary/aromatic N) is 2. The zero-order valence-corrected chi connectivity index (χ0v) is 7.45. The third-order valence-corrected chi connectivity index (χ3v) is 1.58. The van der Waals surface area contributed by atoms with Crippen molar-refractivity contribution in [1.29, 1.82) is 0 Å². The van der Waals surface area contributed by atoms with Crippen molar-refractivity contribution in [3.8, 4) is 0 Å². The van der Waals surface area contributed by atoms with E-state index in [1.807, 2.05) is 0 Å². The molecule has 0 aromatic rings. The topological polar surface area (TPSA) is 111 Å². The van der Waals surface area contributed by atoms with Crippen LogP contribution in [0.15, 0.2) is 0 Å². The van der Waals surface area contributed by atoms with Gasteiger partial charge in [-0.1, -0.05) is 12.8 Å². The molecule has 0 bridgehead atoms. The number of hydrogen-bond acceptors (Lipinski definition) is 6. The number of unbranched alkanes of at least 4 members (excludes halogenated alkanes) is 3. The van der Waals surface area contributed by atoms with Gasteiger partial charge in [-0.25, -0.2) is 0 Å². The summed E-state index contributed by atoms with van der Waals surface area (Å²) < 4.78 is 0. The highest BCUT2D eigenvalue weighted by molar-refractivity contribution is 4.46. The van der Waals surface area contributed by atoms with Crippen molar-refractivity contribution in [1.82, 2.24) is 10.2 Å². The van der Waals surface area contributed by atoms with Gasteiger partial charge in [-0.2, -0.15) is 10.2 Å². The molecule has 6 heteroatoms. The van der Waals surface area contributed by atoms with Crippen LogP contribution in [0.4, 0.5) is 0 Å². The normalized spacial score (nSPS) is 11.5. The summed E-state index contributed by atoms with van der Waals surface area (Å²) in [7, 11) is 0. The Morgan fingerprint density at radius 3 is 1.17 bits per heavy atom. The molecule has 0 aromatic carbocycles. The molecule has 0 fully saturated rings. The molecule has 0 aliphatic heterocycles. The molecule has 0 saturated heterocycles. The third-order valence-electron chi connectivity index (χ3n) is 1.58. The molecule has 0 amide bonds. The summed E-state index contributed by atoms with van der Waals surface area (Å²) in [5.74, 6) is 20.9. The van der Waals surface area contributed by atoms with E-state index in [9.17, 15) is 0 Å². The van der Waals surface area contributed by atoms with Crippen molar-refractivity contribution in [2.75, 3.05) is 13.1 Å². The van der Waals surface area contributed by atoms with Crippen LogP contribution in [-0.4, -0.2) is 23.3 Å². The quantitative estimate of drug-likeness (QED) is 0.217. The lowest BCUT2D eigenvalue weighted by Gasteiger charge is -2.09. The van der Waals surface area contributed by atoms with E-state index < -0.39 is 0 Å². The average Bonchev–Trinajstić information content (AvgIpc) is 1.95. The van der Waals surface area contributed by atoms with E-state index in [-0.39, 0.29) is 0 Å². The predicted octanol–water partition coefficient (Wildman–Crippen LogP) is -1.35. The molecule has 0 atom stereocenters. The predicted molar refractivity (Wildman–Crippen MR) is 48.6 cm³/mol. The maximum absolute atomic E-state index is 5.22. The van der Waals surface area contributed by atoms with Crippen molar-refractivity contribution in [3.05, 3.63) is 0 Å². The highest BCUT2D eigenvalue weighted by Crippen LogP contribution is 1.98. The fraction of sp³-hybridized carbons (Fsp3) is 1.00. The first-order valence-electron chi connectivity index (χ1n) is 4.17. The zero-order chi connectivity index (χ0) is 9.40. The first-order chi connectivity index (χ1) is 5.63. The van der Waals surface area contributed by atoms with E-state index in [4.69, 9.17) is 23.4 Å². The smallest absolute Gasteiger partial charge is 0.0283 e. The Hall–Kier alpha value is -0.240. The molecule has 0 aliphatic carbocycles. The minimum atomic E-state index is 0.731. The van der Waals surface area contributed by atoms with Crippen molar-refractivity contribution < 1.29 is 0 Å². The molecule has 74 valence electrons. The summed E-state index contributed by atoms with van der Waals surface area (Å²) in [6.07, 6.45) is 4.25. The molecule has 0 radical (unpaired) electrons. The summed E-state index contributed by atoms with van der Waals surface area (Å²) in [5.41, 5.74) is 0. The van der Waals surface area contributed by atoms with Crippen LogP contribution in [-0.2, 0) is 0 Å². The summed E-state index contributed by atoms with van der Waals surface area (Å²) >= 11 is 0. The number of rotatable bonds is 7. The molecule has 8 N–H and O–H groups in total. The Balaban J connectivity index is 2.91. The number of nitrogens with two attached hydrogens (primary N) is 4.